The van der Waals surface area contributed by atoms with Crippen LogP contribution in [0, 0.1) is 11.3 Å². The number of rotatable bonds is 10. The number of hydrogen-bond donors (Lipinski definition) is 2. The fourth-order valence-corrected chi connectivity index (χ4v) is 8.23. The summed E-state index contributed by atoms with van der Waals surface area (Å²) < 4.78 is 0. The third kappa shape index (κ3) is 8.09. The monoisotopic (exact) mass is 697 g/mol. The average Bonchev–Trinajstić information content (AvgIpc) is 3.71. The number of fused-ring (bicyclic) bond motifs is 3. The molecule has 5 rings (SSSR count). The topological polar surface area (TPSA) is 102 Å². The average molecular weight is 698 g/mol. The van der Waals surface area contributed by atoms with Crippen molar-refractivity contribution in [2.24, 2.45) is 11.3 Å². The number of hydrogen-bond acceptors (Lipinski definition) is 5. The summed E-state index contributed by atoms with van der Waals surface area (Å²) >= 11 is 0. The maximum absolute atomic E-state index is 14.3. The van der Waals surface area contributed by atoms with Gasteiger partial charge >= 0.3 is 0 Å². The van der Waals surface area contributed by atoms with Crippen LogP contribution in [0.4, 0.5) is 0 Å². The predicted molar refractivity (Wildman–Crippen MR) is 203 cm³/mol. The lowest BCUT2D eigenvalue weighted by molar-refractivity contribution is -0.142. The van der Waals surface area contributed by atoms with E-state index in [-0.39, 0.29) is 47.7 Å². The van der Waals surface area contributed by atoms with Gasteiger partial charge in [-0.3, -0.25) is 24.1 Å². The number of piperidine rings is 1. The number of likely N-dealkylation sites (N-methyl/N-ethyl adjacent to an activating group) is 1. The smallest absolute Gasteiger partial charge is 0.249 e. The second kappa shape index (κ2) is 15.7. The van der Waals surface area contributed by atoms with Crippen LogP contribution in [0.3, 0.4) is 0 Å². The molecule has 51 heavy (non-hydrogen) atoms. The van der Waals surface area contributed by atoms with E-state index in [2.05, 4.69) is 53.6 Å². The molecule has 3 aliphatic rings. The van der Waals surface area contributed by atoms with Crippen molar-refractivity contribution in [1.82, 2.24) is 25.3 Å². The molecule has 9 nitrogen and oxygen atoms in total. The van der Waals surface area contributed by atoms with Gasteiger partial charge in [-0.15, -0.1) is 0 Å². The van der Waals surface area contributed by atoms with Gasteiger partial charge in [0.05, 0.1) is 18.1 Å². The van der Waals surface area contributed by atoms with E-state index < -0.39 is 23.5 Å². The van der Waals surface area contributed by atoms with E-state index >= 15 is 0 Å². The lowest BCUT2D eigenvalue weighted by Crippen LogP contribution is -2.60. The summed E-state index contributed by atoms with van der Waals surface area (Å²) in [6.45, 7) is 17.3. The van der Waals surface area contributed by atoms with Crippen molar-refractivity contribution in [2.75, 3.05) is 20.1 Å². The lowest BCUT2D eigenvalue weighted by Gasteiger charge is -2.41. The number of benzene rings is 2. The molecule has 1 unspecified atom stereocenters. The Kier molecular flexibility index (Phi) is 11.8. The van der Waals surface area contributed by atoms with E-state index in [1.54, 1.807) is 23.8 Å². The summed E-state index contributed by atoms with van der Waals surface area (Å²) in [5.74, 6) is -0.647. The van der Waals surface area contributed by atoms with E-state index in [0.29, 0.717) is 18.5 Å². The minimum absolute atomic E-state index is 0.00651. The molecule has 2 aromatic carbocycles. The highest BCUT2D eigenvalue weighted by Gasteiger charge is 2.41. The zero-order chi connectivity index (χ0) is 37.2. The Morgan fingerprint density at radius 1 is 0.824 bits per heavy atom. The molecule has 0 bridgehead atoms. The van der Waals surface area contributed by atoms with E-state index in [4.69, 9.17) is 0 Å². The van der Waals surface area contributed by atoms with Crippen molar-refractivity contribution in [3.05, 3.63) is 71.3 Å². The van der Waals surface area contributed by atoms with Gasteiger partial charge in [0, 0.05) is 25.2 Å². The Labute approximate surface area is 305 Å². The molecule has 4 atom stereocenters. The van der Waals surface area contributed by atoms with Gasteiger partial charge in [0.2, 0.25) is 23.6 Å². The molecule has 2 heterocycles. The summed E-state index contributed by atoms with van der Waals surface area (Å²) in [6.07, 6.45) is 6.04. The summed E-state index contributed by atoms with van der Waals surface area (Å²) in [4.78, 5) is 61.6. The summed E-state index contributed by atoms with van der Waals surface area (Å²) in [5.41, 5.74) is 4.32. The van der Waals surface area contributed by atoms with Crippen molar-refractivity contribution in [2.45, 2.75) is 124 Å². The highest BCUT2D eigenvalue weighted by atomic mass is 16.2. The number of carbonyl (C=O) groups excluding carboxylic acids is 4. The first kappa shape index (κ1) is 38.3. The molecule has 9 heteroatoms. The lowest BCUT2D eigenvalue weighted by atomic mass is 9.84. The van der Waals surface area contributed by atoms with Gasteiger partial charge in [0.25, 0.3) is 0 Å². The Morgan fingerprint density at radius 3 is 1.98 bits per heavy atom. The number of amides is 4. The van der Waals surface area contributed by atoms with Gasteiger partial charge in [-0.1, -0.05) is 95.6 Å². The van der Waals surface area contributed by atoms with Gasteiger partial charge in [0.15, 0.2) is 0 Å². The van der Waals surface area contributed by atoms with Crippen LogP contribution in [0.1, 0.15) is 105 Å². The van der Waals surface area contributed by atoms with Crippen LogP contribution >= 0.6 is 0 Å². The molecular formula is C42H59N5O4. The summed E-state index contributed by atoms with van der Waals surface area (Å²) in [6, 6.07) is 14.3. The van der Waals surface area contributed by atoms with E-state index in [1.165, 1.54) is 0 Å². The molecule has 0 spiro atoms. The molecule has 0 saturated carbocycles. The Morgan fingerprint density at radius 2 is 1.41 bits per heavy atom. The zero-order valence-electron chi connectivity index (χ0n) is 32.2. The molecule has 4 amide bonds. The van der Waals surface area contributed by atoms with Gasteiger partial charge in [-0.25, -0.2) is 0 Å². The minimum Gasteiger partial charge on any atom is -0.343 e. The SMILES string of the molecule is C/C(=C\[C@H](C(C)C)N(C)C(=O)[C@@H](NC(=O)C1CCCCN1C(C)C)C(C)(C)C)C(=O)N1CCC[C@H]1C(=O)NC1c2ccccc2-c2ccccc21. The zero-order valence-corrected chi connectivity index (χ0v) is 32.2. The Bertz CT molecular complexity index is 1600. The molecule has 276 valence electrons. The van der Waals surface area contributed by atoms with Crippen LogP contribution in [-0.2, 0) is 19.2 Å². The van der Waals surface area contributed by atoms with Gasteiger partial charge < -0.3 is 20.4 Å². The molecule has 2 fully saturated rings. The quantitative estimate of drug-likeness (QED) is 0.293. The Hall–Kier alpha value is -3.98. The van der Waals surface area contributed by atoms with Crippen LogP contribution in [0.15, 0.2) is 60.2 Å². The predicted octanol–water partition coefficient (Wildman–Crippen LogP) is 6.09. The second-order valence-electron chi connectivity index (χ2n) is 16.5. The Balaban J connectivity index is 1.31. The fourth-order valence-electron chi connectivity index (χ4n) is 8.23. The van der Waals surface area contributed by atoms with Gasteiger partial charge in [-0.2, -0.15) is 0 Å². The van der Waals surface area contributed by atoms with Crippen molar-refractivity contribution in [1.29, 1.82) is 0 Å². The molecular weight excluding hydrogens is 638 g/mol. The summed E-state index contributed by atoms with van der Waals surface area (Å²) in [5, 5.41) is 6.44. The molecule has 2 aliphatic heterocycles. The molecule has 1 aliphatic carbocycles. The van der Waals surface area contributed by atoms with Crippen LogP contribution in [0.25, 0.3) is 11.1 Å². The largest absolute Gasteiger partial charge is 0.343 e. The van der Waals surface area contributed by atoms with Gasteiger partial charge in [-0.05, 0) is 86.6 Å². The number of carbonyl (C=O) groups is 4. The van der Waals surface area contributed by atoms with Crippen molar-refractivity contribution in [3.8, 4) is 11.1 Å². The first-order chi connectivity index (χ1) is 24.1. The first-order valence-electron chi connectivity index (χ1n) is 18.9. The van der Waals surface area contributed by atoms with E-state index in [1.807, 2.05) is 65.0 Å². The van der Waals surface area contributed by atoms with Gasteiger partial charge in [0.1, 0.15) is 12.1 Å². The van der Waals surface area contributed by atoms with Crippen molar-refractivity contribution >= 4 is 23.6 Å². The van der Waals surface area contributed by atoms with E-state index in [0.717, 1.165) is 54.5 Å². The highest BCUT2D eigenvalue weighted by Crippen LogP contribution is 2.43. The number of nitrogens with one attached hydrogen (secondary N) is 2. The molecule has 0 aromatic heterocycles. The van der Waals surface area contributed by atoms with Crippen LogP contribution < -0.4 is 10.6 Å². The first-order valence-corrected chi connectivity index (χ1v) is 18.9. The van der Waals surface area contributed by atoms with E-state index in [9.17, 15) is 19.2 Å². The third-order valence-corrected chi connectivity index (χ3v) is 11.1. The summed E-state index contributed by atoms with van der Waals surface area (Å²) in [7, 11) is 1.76. The van der Waals surface area contributed by atoms with Crippen LogP contribution in [0.2, 0.25) is 0 Å². The van der Waals surface area contributed by atoms with Crippen molar-refractivity contribution < 1.29 is 19.2 Å². The normalized spacial score (nSPS) is 20.9. The fraction of sp³-hybridized carbons (Fsp3) is 0.571. The third-order valence-electron chi connectivity index (χ3n) is 11.1. The number of nitrogens with zero attached hydrogens (tertiary/aromatic N) is 3. The molecule has 0 radical (unpaired) electrons. The van der Waals surface area contributed by atoms with Crippen LogP contribution in [-0.4, -0.2) is 88.7 Å². The standard InChI is InChI=1S/C42H59N5O4/c1-26(2)35(45(9)41(51)37(42(6,7)8)44-39(49)33-21-14-15-23-46(33)27(3)4)25-28(5)40(50)47-24-16-22-34(47)38(48)43-36-31-19-12-10-17-29(31)30-18-11-13-20-32(30)36/h10-13,17-20,25-27,33-37H,14-16,21-24H2,1-9H3,(H,43,48)(H,44,49)/b28-25+/t33?,34-,35+,37+/m0/s1. The maximum atomic E-state index is 14.3. The van der Waals surface area contributed by atoms with Crippen molar-refractivity contribution in [3.63, 3.8) is 0 Å². The molecule has 2 N–H and O–H groups in total. The highest BCUT2D eigenvalue weighted by molar-refractivity contribution is 5.98. The molecule has 2 aromatic rings. The maximum Gasteiger partial charge on any atom is 0.249 e. The minimum atomic E-state index is -0.742. The van der Waals surface area contributed by atoms with Crippen LogP contribution in [0.5, 0.6) is 0 Å². The second-order valence-corrected chi connectivity index (χ2v) is 16.5. The molecule has 2 saturated heterocycles. The number of likely N-dealkylation sites (tertiary alicyclic amines) is 2.